The Morgan fingerprint density at radius 1 is 1.37 bits per heavy atom. The first-order valence-corrected chi connectivity index (χ1v) is 7.10. The maximum atomic E-state index is 11.9. The number of carbonyl (C=O) groups is 1. The number of benzene rings is 1. The van der Waals surface area contributed by atoms with E-state index in [1.807, 2.05) is 25.1 Å². The van der Waals surface area contributed by atoms with Crippen molar-refractivity contribution < 1.29 is 4.79 Å². The third-order valence-corrected chi connectivity index (χ3v) is 3.60. The minimum Gasteiger partial charge on any atom is -0.370 e. The van der Waals surface area contributed by atoms with Crippen LogP contribution in [0.4, 0.5) is 11.4 Å². The van der Waals surface area contributed by atoms with Gasteiger partial charge in [0.1, 0.15) is 0 Å². The van der Waals surface area contributed by atoms with Crippen LogP contribution in [0.3, 0.4) is 0 Å². The van der Waals surface area contributed by atoms with E-state index in [0.717, 1.165) is 30.9 Å². The fourth-order valence-electron chi connectivity index (χ4n) is 2.40. The highest BCUT2D eigenvalue weighted by molar-refractivity contribution is 5.94. The summed E-state index contributed by atoms with van der Waals surface area (Å²) in [7, 11) is 0. The van der Waals surface area contributed by atoms with Crippen LogP contribution in [0.25, 0.3) is 0 Å². The molecule has 3 N–H and O–H groups in total. The molecule has 1 aliphatic heterocycles. The number of hydrogen-bond acceptors (Lipinski definition) is 3. The molecule has 0 saturated carbocycles. The summed E-state index contributed by atoms with van der Waals surface area (Å²) < 4.78 is 0. The molecule has 1 saturated heterocycles. The van der Waals surface area contributed by atoms with Gasteiger partial charge in [-0.15, -0.1) is 0 Å². The van der Waals surface area contributed by atoms with Crippen molar-refractivity contribution in [3.05, 3.63) is 24.3 Å². The zero-order valence-electron chi connectivity index (χ0n) is 11.6. The lowest BCUT2D eigenvalue weighted by Crippen LogP contribution is -2.27. The zero-order chi connectivity index (χ0) is 13.7. The molecule has 0 radical (unpaired) electrons. The maximum absolute atomic E-state index is 11.9. The summed E-state index contributed by atoms with van der Waals surface area (Å²) in [6, 6.07) is 7.94. The molecule has 19 heavy (non-hydrogen) atoms. The van der Waals surface area contributed by atoms with E-state index in [4.69, 9.17) is 5.73 Å². The van der Waals surface area contributed by atoms with E-state index < -0.39 is 0 Å². The monoisotopic (exact) mass is 261 g/mol. The number of nitrogens with one attached hydrogen (secondary N) is 1. The van der Waals surface area contributed by atoms with Gasteiger partial charge in [0.05, 0.1) is 11.4 Å². The molecule has 0 spiro atoms. The molecule has 1 aliphatic rings. The van der Waals surface area contributed by atoms with E-state index in [0.29, 0.717) is 6.42 Å². The Morgan fingerprint density at radius 3 is 2.74 bits per heavy atom. The standard InChI is InChI=1S/C15H23N3O/c1-2-12(16)11-15(19)17-13-7-3-4-8-14(13)18-9-5-6-10-18/h3-4,7-8,12H,2,5-6,9-11,16H2,1H3,(H,17,19). The Bertz CT molecular complexity index is 427. The number of nitrogens with two attached hydrogens (primary N) is 1. The minimum atomic E-state index is -0.0565. The quantitative estimate of drug-likeness (QED) is 0.855. The Hall–Kier alpha value is -1.55. The molecule has 1 heterocycles. The van der Waals surface area contributed by atoms with Crippen LogP contribution in [0.2, 0.25) is 0 Å². The summed E-state index contributed by atoms with van der Waals surface area (Å²) >= 11 is 0. The first-order chi connectivity index (χ1) is 9.20. The van der Waals surface area contributed by atoms with Crippen molar-refractivity contribution >= 4 is 17.3 Å². The predicted octanol–water partition coefficient (Wildman–Crippen LogP) is 2.35. The Kier molecular flexibility index (Phi) is 4.80. The van der Waals surface area contributed by atoms with Crippen LogP contribution >= 0.6 is 0 Å². The molecule has 2 rings (SSSR count). The van der Waals surface area contributed by atoms with Crippen LogP contribution in [0.15, 0.2) is 24.3 Å². The lowest BCUT2D eigenvalue weighted by Gasteiger charge is -2.21. The normalized spacial score (nSPS) is 16.4. The SMILES string of the molecule is CCC(N)CC(=O)Nc1ccccc1N1CCCC1. The van der Waals surface area contributed by atoms with E-state index in [9.17, 15) is 4.79 Å². The zero-order valence-corrected chi connectivity index (χ0v) is 11.6. The molecule has 0 bridgehead atoms. The number of anilines is 2. The Balaban J connectivity index is 2.05. The molecular weight excluding hydrogens is 238 g/mol. The number of para-hydroxylation sites is 2. The highest BCUT2D eigenvalue weighted by Crippen LogP contribution is 2.28. The van der Waals surface area contributed by atoms with Gasteiger partial charge in [-0.2, -0.15) is 0 Å². The van der Waals surface area contributed by atoms with Crippen molar-refractivity contribution in [2.75, 3.05) is 23.3 Å². The summed E-state index contributed by atoms with van der Waals surface area (Å²) in [4.78, 5) is 14.3. The van der Waals surface area contributed by atoms with Gasteiger partial charge in [0.2, 0.25) is 5.91 Å². The first-order valence-electron chi connectivity index (χ1n) is 7.10. The fraction of sp³-hybridized carbons (Fsp3) is 0.533. The number of carbonyl (C=O) groups excluding carboxylic acids is 1. The number of nitrogens with zero attached hydrogens (tertiary/aromatic N) is 1. The van der Waals surface area contributed by atoms with Crippen LogP contribution in [0, 0.1) is 0 Å². The molecule has 0 aromatic heterocycles. The van der Waals surface area contributed by atoms with Crippen molar-refractivity contribution in [3.63, 3.8) is 0 Å². The van der Waals surface area contributed by atoms with E-state index in [2.05, 4.69) is 16.3 Å². The number of hydrogen-bond donors (Lipinski definition) is 2. The van der Waals surface area contributed by atoms with Crippen molar-refractivity contribution in [3.8, 4) is 0 Å². The molecule has 1 unspecified atom stereocenters. The molecule has 1 atom stereocenters. The van der Waals surface area contributed by atoms with Gasteiger partial charge >= 0.3 is 0 Å². The van der Waals surface area contributed by atoms with Crippen LogP contribution in [0.1, 0.15) is 32.6 Å². The molecule has 1 aromatic carbocycles. The average molecular weight is 261 g/mol. The van der Waals surface area contributed by atoms with Crippen LogP contribution in [-0.4, -0.2) is 25.0 Å². The lowest BCUT2D eigenvalue weighted by molar-refractivity contribution is -0.116. The summed E-state index contributed by atoms with van der Waals surface area (Å²) in [5.41, 5.74) is 7.84. The van der Waals surface area contributed by atoms with E-state index in [-0.39, 0.29) is 11.9 Å². The summed E-state index contributed by atoms with van der Waals surface area (Å²) in [6.07, 6.45) is 3.65. The van der Waals surface area contributed by atoms with Crippen molar-refractivity contribution in [1.29, 1.82) is 0 Å². The largest absolute Gasteiger partial charge is 0.370 e. The smallest absolute Gasteiger partial charge is 0.225 e. The molecule has 4 heteroatoms. The maximum Gasteiger partial charge on any atom is 0.225 e. The topological polar surface area (TPSA) is 58.4 Å². The highest BCUT2D eigenvalue weighted by Gasteiger charge is 2.16. The van der Waals surface area contributed by atoms with Gasteiger partial charge < -0.3 is 16.0 Å². The van der Waals surface area contributed by atoms with E-state index >= 15 is 0 Å². The summed E-state index contributed by atoms with van der Waals surface area (Å²) in [5.74, 6) is 0.000923. The molecule has 1 fully saturated rings. The van der Waals surface area contributed by atoms with Gasteiger partial charge in [-0.3, -0.25) is 4.79 Å². The van der Waals surface area contributed by atoms with Gasteiger partial charge in [-0.25, -0.2) is 0 Å². The fourth-order valence-corrected chi connectivity index (χ4v) is 2.40. The molecule has 1 aromatic rings. The Morgan fingerprint density at radius 2 is 2.05 bits per heavy atom. The van der Waals surface area contributed by atoms with E-state index in [1.54, 1.807) is 0 Å². The second-order valence-electron chi connectivity index (χ2n) is 5.13. The first kappa shape index (κ1) is 13.9. The van der Waals surface area contributed by atoms with Gasteiger partial charge in [-0.1, -0.05) is 19.1 Å². The molecule has 0 aliphatic carbocycles. The Labute approximate surface area is 115 Å². The van der Waals surface area contributed by atoms with Gasteiger partial charge in [-0.05, 0) is 31.4 Å². The van der Waals surface area contributed by atoms with Gasteiger partial charge in [0, 0.05) is 25.6 Å². The van der Waals surface area contributed by atoms with Gasteiger partial charge in [0.15, 0.2) is 0 Å². The predicted molar refractivity (Wildman–Crippen MR) is 79.4 cm³/mol. The minimum absolute atomic E-state index is 0.000923. The van der Waals surface area contributed by atoms with Crippen LogP contribution in [0.5, 0.6) is 0 Å². The van der Waals surface area contributed by atoms with E-state index in [1.165, 1.54) is 12.8 Å². The van der Waals surface area contributed by atoms with Crippen LogP contribution < -0.4 is 16.0 Å². The molecule has 104 valence electrons. The summed E-state index contributed by atoms with van der Waals surface area (Å²) in [5, 5.41) is 2.99. The van der Waals surface area contributed by atoms with Crippen LogP contribution in [-0.2, 0) is 4.79 Å². The molecule has 4 nitrogen and oxygen atoms in total. The second-order valence-corrected chi connectivity index (χ2v) is 5.13. The van der Waals surface area contributed by atoms with Gasteiger partial charge in [0.25, 0.3) is 0 Å². The van der Waals surface area contributed by atoms with Crippen molar-refractivity contribution in [1.82, 2.24) is 0 Å². The highest BCUT2D eigenvalue weighted by atomic mass is 16.1. The summed E-state index contributed by atoms with van der Waals surface area (Å²) in [6.45, 7) is 4.14. The molecule has 1 amide bonds. The lowest BCUT2D eigenvalue weighted by atomic mass is 10.1. The second kappa shape index (κ2) is 6.57. The van der Waals surface area contributed by atoms with Crippen molar-refractivity contribution in [2.45, 2.75) is 38.6 Å². The van der Waals surface area contributed by atoms with Crippen molar-refractivity contribution in [2.24, 2.45) is 5.73 Å². The number of amides is 1. The molecular formula is C15H23N3O. The third-order valence-electron chi connectivity index (χ3n) is 3.60. The third kappa shape index (κ3) is 3.70. The average Bonchev–Trinajstić information content (AvgIpc) is 2.93. The number of rotatable bonds is 5.